The number of carbonyl (C=O) groups excluding carboxylic acids is 2. The van der Waals surface area contributed by atoms with Crippen molar-refractivity contribution in [2.75, 3.05) is 64.9 Å². The number of hydrogen-bond acceptors (Lipinski definition) is 4. The van der Waals surface area contributed by atoms with Crippen LogP contribution in [0.1, 0.15) is 24.8 Å². The average molecular weight is 425 g/mol. The molecular formula is C24H32N4O3. The number of para-hydroxylation sites is 1. The lowest BCUT2D eigenvalue weighted by molar-refractivity contribution is 0.117. The number of benzene rings is 1. The number of urea groups is 1. The number of anilines is 1. The molecule has 3 aliphatic heterocycles. The minimum atomic E-state index is -0.300. The van der Waals surface area contributed by atoms with E-state index in [2.05, 4.69) is 29.0 Å². The summed E-state index contributed by atoms with van der Waals surface area (Å²) in [7, 11) is 3.62. The second-order valence-electron chi connectivity index (χ2n) is 9.22. The Balaban J connectivity index is 1.35. The molecule has 166 valence electrons. The van der Waals surface area contributed by atoms with Crippen molar-refractivity contribution in [2.24, 2.45) is 5.92 Å². The summed E-state index contributed by atoms with van der Waals surface area (Å²) in [6.45, 7) is 5.28. The molecule has 2 fully saturated rings. The number of likely N-dealkylation sites (tertiary alicyclic amines) is 2. The number of carbonyl (C=O) groups is 2. The Morgan fingerprint density at radius 2 is 1.97 bits per heavy atom. The molecule has 1 spiro atoms. The highest BCUT2D eigenvalue weighted by atomic mass is 16.6. The highest BCUT2D eigenvalue weighted by Gasteiger charge is 2.46. The first-order valence-corrected chi connectivity index (χ1v) is 11.1. The van der Waals surface area contributed by atoms with Crippen LogP contribution in [0.5, 0.6) is 0 Å². The molecule has 0 aliphatic carbocycles. The number of ether oxygens (including phenoxy) is 1. The molecule has 0 radical (unpaired) electrons. The maximum absolute atomic E-state index is 12.8. The molecule has 3 heterocycles. The monoisotopic (exact) mass is 424 g/mol. The number of fused-ring (bicyclic) bond motifs is 2. The Kier molecular flexibility index (Phi) is 6.10. The van der Waals surface area contributed by atoms with E-state index in [1.165, 1.54) is 5.56 Å². The molecule has 1 aromatic rings. The van der Waals surface area contributed by atoms with Crippen LogP contribution in [0.15, 0.2) is 24.3 Å². The second kappa shape index (κ2) is 8.80. The van der Waals surface area contributed by atoms with Crippen molar-refractivity contribution in [3.05, 3.63) is 29.8 Å². The second-order valence-corrected chi connectivity index (χ2v) is 9.22. The summed E-state index contributed by atoms with van der Waals surface area (Å²) in [5.41, 5.74) is 2.42. The van der Waals surface area contributed by atoms with E-state index in [9.17, 15) is 9.59 Å². The normalized spacial score (nSPS) is 22.3. The van der Waals surface area contributed by atoms with Crippen molar-refractivity contribution >= 4 is 17.8 Å². The Morgan fingerprint density at radius 1 is 1.23 bits per heavy atom. The molecule has 0 aromatic heterocycles. The molecule has 7 heteroatoms. The zero-order valence-electron chi connectivity index (χ0n) is 18.5. The molecule has 1 aromatic carbocycles. The Bertz CT molecular complexity index is 870. The fourth-order valence-corrected chi connectivity index (χ4v) is 5.34. The third-order valence-electron chi connectivity index (χ3n) is 6.99. The smallest absolute Gasteiger partial charge is 0.410 e. The molecule has 3 aliphatic rings. The summed E-state index contributed by atoms with van der Waals surface area (Å²) in [5, 5.41) is 0. The van der Waals surface area contributed by atoms with Crippen LogP contribution in [0.4, 0.5) is 15.3 Å². The predicted molar refractivity (Wildman–Crippen MR) is 120 cm³/mol. The highest BCUT2D eigenvalue weighted by molar-refractivity contribution is 5.95. The molecule has 0 N–H and O–H groups in total. The van der Waals surface area contributed by atoms with E-state index in [0.29, 0.717) is 5.92 Å². The third-order valence-corrected chi connectivity index (χ3v) is 6.99. The lowest BCUT2D eigenvalue weighted by atomic mass is 9.74. The van der Waals surface area contributed by atoms with E-state index >= 15 is 0 Å². The maximum Gasteiger partial charge on any atom is 0.410 e. The first-order valence-electron chi connectivity index (χ1n) is 11.1. The van der Waals surface area contributed by atoms with Gasteiger partial charge >= 0.3 is 12.1 Å². The summed E-state index contributed by atoms with van der Waals surface area (Å²) in [6, 6.07) is 8.43. The average Bonchev–Trinajstić information content (AvgIpc) is 3.37. The molecule has 0 bridgehead atoms. The molecule has 1 atom stereocenters. The fraction of sp³-hybridized carbons (Fsp3) is 0.583. The zero-order valence-corrected chi connectivity index (χ0v) is 18.5. The van der Waals surface area contributed by atoms with E-state index in [4.69, 9.17) is 11.2 Å². The van der Waals surface area contributed by atoms with Gasteiger partial charge in [-0.3, -0.25) is 4.90 Å². The number of terminal acetylenes is 1. The largest absolute Gasteiger partial charge is 0.436 e. The van der Waals surface area contributed by atoms with Crippen LogP contribution in [0.3, 0.4) is 0 Å². The number of piperidine rings is 1. The SMILES string of the molecule is C#CCOC(=O)N1CC[C@H](CN2CCC3(CC2)CN(C(=O)N(C)C)c2ccccc23)C1. The number of amides is 3. The van der Waals surface area contributed by atoms with Gasteiger partial charge in [0.1, 0.15) is 0 Å². The molecule has 3 amide bonds. The van der Waals surface area contributed by atoms with Gasteiger partial charge in [-0.1, -0.05) is 24.1 Å². The standard InChI is InChI=1S/C24H32N4O3/c1-4-15-31-23(30)27-12-9-19(17-27)16-26-13-10-24(11-14-26)18-28(22(29)25(2)3)21-8-6-5-7-20(21)24/h1,5-8,19H,9-18H2,2-3H3/t19-/m1/s1. The van der Waals surface area contributed by atoms with E-state index in [1.54, 1.807) is 9.80 Å². The predicted octanol–water partition coefficient (Wildman–Crippen LogP) is 2.61. The quantitative estimate of drug-likeness (QED) is 0.700. The lowest BCUT2D eigenvalue weighted by Crippen LogP contribution is -2.48. The van der Waals surface area contributed by atoms with Crippen molar-refractivity contribution in [3.63, 3.8) is 0 Å². The molecule has 31 heavy (non-hydrogen) atoms. The van der Waals surface area contributed by atoms with Gasteiger partial charge in [0.25, 0.3) is 0 Å². The van der Waals surface area contributed by atoms with Gasteiger partial charge in [-0.25, -0.2) is 9.59 Å². The van der Waals surface area contributed by atoms with E-state index in [0.717, 1.165) is 64.2 Å². The molecule has 0 unspecified atom stereocenters. The van der Waals surface area contributed by atoms with Crippen molar-refractivity contribution in [2.45, 2.75) is 24.7 Å². The molecule has 2 saturated heterocycles. The Morgan fingerprint density at radius 3 is 2.68 bits per heavy atom. The minimum absolute atomic E-state index is 0.0308. The molecule has 0 saturated carbocycles. The van der Waals surface area contributed by atoms with Crippen LogP contribution >= 0.6 is 0 Å². The Labute approximate surface area is 184 Å². The van der Waals surface area contributed by atoms with Crippen LogP contribution in [0, 0.1) is 18.3 Å². The van der Waals surface area contributed by atoms with Crippen molar-refractivity contribution in [1.29, 1.82) is 0 Å². The first kappa shape index (κ1) is 21.5. The van der Waals surface area contributed by atoms with Crippen LogP contribution in [-0.4, -0.2) is 86.8 Å². The minimum Gasteiger partial charge on any atom is -0.436 e. The first-order chi connectivity index (χ1) is 14.9. The Hall–Kier alpha value is -2.72. The van der Waals surface area contributed by atoms with Gasteiger partial charge in [-0.05, 0) is 49.9 Å². The van der Waals surface area contributed by atoms with Crippen molar-refractivity contribution in [3.8, 4) is 12.3 Å². The van der Waals surface area contributed by atoms with Crippen LogP contribution in [-0.2, 0) is 10.2 Å². The summed E-state index contributed by atoms with van der Waals surface area (Å²) in [4.78, 5) is 32.7. The van der Waals surface area contributed by atoms with Crippen molar-refractivity contribution in [1.82, 2.24) is 14.7 Å². The van der Waals surface area contributed by atoms with Gasteiger partial charge in [0, 0.05) is 51.4 Å². The van der Waals surface area contributed by atoms with Crippen molar-refractivity contribution < 1.29 is 14.3 Å². The highest BCUT2D eigenvalue weighted by Crippen LogP contribution is 2.47. The number of nitrogens with zero attached hydrogens (tertiary/aromatic N) is 4. The molecular weight excluding hydrogens is 392 g/mol. The van der Waals surface area contributed by atoms with Crippen LogP contribution in [0.25, 0.3) is 0 Å². The van der Waals surface area contributed by atoms with Gasteiger partial charge in [0.15, 0.2) is 6.61 Å². The van der Waals surface area contributed by atoms with E-state index < -0.39 is 0 Å². The van der Waals surface area contributed by atoms with Crippen LogP contribution in [0.2, 0.25) is 0 Å². The van der Waals surface area contributed by atoms with Gasteiger partial charge in [0.05, 0.1) is 0 Å². The van der Waals surface area contributed by atoms with Gasteiger partial charge in [-0.2, -0.15) is 0 Å². The maximum atomic E-state index is 12.8. The molecule has 4 rings (SSSR count). The zero-order chi connectivity index (χ0) is 22.0. The summed E-state index contributed by atoms with van der Waals surface area (Å²) >= 11 is 0. The summed E-state index contributed by atoms with van der Waals surface area (Å²) in [6.07, 6.45) is 7.96. The topological polar surface area (TPSA) is 56.3 Å². The van der Waals surface area contributed by atoms with Gasteiger partial charge in [0.2, 0.25) is 0 Å². The van der Waals surface area contributed by atoms with Crippen LogP contribution < -0.4 is 4.90 Å². The molecule has 7 nitrogen and oxygen atoms in total. The number of hydrogen-bond donors (Lipinski definition) is 0. The van der Waals surface area contributed by atoms with Gasteiger partial charge < -0.3 is 19.4 Å². The fourth-order valence-electron chi connectivity index (χ4n) is 5.34. The van der Waals surface area contributed by atoms with E-state index in [1.807, 2.05) is 25.1 Å². The third kappa shape index (κ3) is 4.22. The van der Waals surface area contributed by atoms with E-state index in [-0.39, 0.29) is 24.1 Å². The lowest BCUT2D eigenvalue weighted by Gasteiger charge is -2.40. The summed E-state index contributed by atoms with van der Waals surface area (Å²) in [5.74, 6) is 2.81. The summed E-state index contributed by atoms with van der Waals surface area (Å²) < 4.78 is 5.06. The van der Waals surface area contributed by atoms with Gasteiger partial charge in [-0.15, -0.1) is 6.42 Å². The number of rotatable bonds is 3.